The Morgan fingerprint density at radius 2 is 1.94 bits per heavy atom. The van der Waals surface area contributed by atoms with Gasteiger partial charge >= 0.3 is 12.1 Å². The number of rotatable bonds is 7. The van der Waals surface area contributed by atoms with E-state index in [1.54, 1.807) is 31.5 Å². The van der Waals surface area contributed by atoms with Crippen molar-refractivity contribution in [2.45, 2.75) is 25.9 Å². The first kappa shape index (κ1) is 24.0. The maximum atomic E-state index is 12.5. The molecule has 0 aliphatic carbocycles. The van der Waals surface area contributed by atoms with E-state index in [4.69, 9.17) is 15.2 Å². The molecule has 1 aromatic carbocycles. The van der Waals surface area contributed by atoms with Crippen LogP contribution in [0.1, 0.15) is 23.0 Å². The fourth-order valence-corrected chi connectivity index (χ4v) is 3.48. The van der Waals surface area contributed by atoms with Crippen molar-refractivity contribution in [3.05, 3.63) is 71.9 Å². The van der Waals surface area contributed by atoms with Gasteiger partial charge in [-0.15, -0.1) is 0 Å². The van der Waals surface area contributed by atoms with Crippen LogP contribution in [0.2, 0.25) is 0 Å². The Kier molecular flexibility index (Phi) is 6.56. The number of carbonyl (C=O) groups excluding carboxylic acids is 1. The van der Waals surface area contributed by atoms with Gasteiger partial charge in [0.25, 0.3) is 0 Å². The van der Waals surface area contributed by atoms with Gasteiger partial charge in [0, 0.05) is 36.5 Å². The van der Waals surface area contributed by atoms with Crippen LogP contribution in [0.15, 0.2) is 55.1 Å². The summed E-state index contributed by atoms with van der Waals surface area (Å²) in [5.74, 6) is -1.40. The SMILES string of the molecule is COc1ccc(Cn2cc(C)c3c(Oc4cc(C(N)OC(=O)C(F)(F)F)ncn4)cccc32)cn1. The van der Waals surface area contributed by atoms with E-state index < -0.39 is 18.4 Å². The summed E-state index contributed by atoms with van der Waals surface area (Å²) in [7, 11) is 1.55. The van der Waals surface area contributed by atoms with E-state index in [9.17, 15) is 18.0 Å². The highest BCUT2D eigenvalue weighted by Gasteiger charge is 2.42. The number of esters is 1. The molecule has 9 nitrogen and oxygen atoms in total. The molecule has 0 aliphatic heterocycles. The number of aryl methyl sites for hydroxylation is 1. The van der Waals surface area contributed by atoms with Crippen molar-refractivity contribution in [1.82, 2.24) is 19.5 Å². The molecule has 0 bridgehead atoms. The molecule has 0 aliphatic rings. The second-order valence-corrected chi connectivity index (χ2v) is 7.51. The zero-order valence-corrected chi connectivity index (χ0v) is 18.6. The summed E-state index contributed by atoms with van der Waals surface area (Å²) >= 11 is 0. The normalized spacial score (nSPS) is 12.4. The first-order valence-corrected chi connectivity index (χ1v) is 10.3. The Balaban J connectivity index is 1.58. The van der Waals surface area contributed by atoms with Crippen molar-refractivity contribution in [3.63, 3.8) is 0 Å². The first-order valence-electron chi connectivity index (χ1n) is 10.3. The standard InChI is InChI=1S/C23H20F3N5O4/c1-13-10-31(11-14-6-7-18(33-2)28-9-14)16-4-3-5-17(20(13)16)34-19-8-15(29-12-30-19)21(27)35-22(32)23(24,25)26/h3-10,12,21H,11,27H2,1-2H3. The van der Waals surface area contributed by atoms with Crippen LogP contribution in [-0.2, 0) is 16.1 Å². The van der Waals surface area contributed by atoms with Gasteiger partial charge in [-0.1, -0.05) is 12.1 Å². The maximum absolute atomic E-state index is 12.5. The molecule has 0 saturated carbocycles. The number of methoxy groups -OCH3 is 1. The predicted molar refractivity (Wildman–Crippen MR) is 118 cm³/mol. The molecule has 1 atom stereocenters. The quantitative estimate of drug-likeness (QED) is 0.307. The number of hydrogen-bond donors (Lipinski definition) is 1. The Morgan fingerprint density at radius 3 is 2.63 bits per heavy atom. The number of benzene rings is 1. The van der Waals surface area contributed by atoms with E-state index in [0.29, 0.717) is 18.2 Å². The van der Waals surface area contributed by atoms with Gasteiger partial charge in [0.2, 0.25) is 11.8 Å². The Morgan fingerprint density at radius 1 is 1.14 bits per heavy atom. The van der Waals surface area contributed by atoms with E-state index in [-0.39, 0.29) is 11.6 Å². The summed E-state index contributed by atoms with van der Waals surface area (Å²) in [5.41, 5.74) is 8.20. The van der Waals surface area contributed by atoms with Crippen LogP contribution < -0.4 is 15.2 Å². The van der Waals surface area contributed by atoms with Crippen LogP contribution in [0, 0.1) is 6.92 Å². The van der Waals surface area contributed by atoms with Crippen LogP contribution in [-0.4, -0.2) is 38.8 Å². The van der Waals surface area contributed by atoms with Crippen molar-refractivity contribution < 1.29 is 32.2 Å². The topological polar surface area (TPSA) is 114 Å². The minimum Gasteiger partial charge on any atom is -0.481 e. The van der Waals surface area contributed by atoms with Crippen LogP contribution in [0.4, 0.5) is 13.2 Å². The number of pyridine rings is 1. The zero-order chi connectivity index (χ0) is 25.2. The number of fused-ring (bicyclic) bond motifs is 1. The predicted octanol–water partition coefficient (Wildman–Crippen LogP) is 4.05. The number of hydrogen-bond acceptors (Lipinski definition) is 8. The van der Waals surface area contributed by atoms with Gasteiger partial charge in [-0.25, -0.2) is 19.7 Å². The van der Waals surface area contributed by atoms with Crippen molar-refractivity contribution in [1.29, 1.82) is 0 Å². The van der Waals surface area contributed by atoms with E-state index in [2.05, 4.69) is 19.7 Å². The number of nitrogens with zero attached hydrogens (tertiary/aromatic N) is 4. The van der Waals surface area contributed by atoms with Crippen molar-refractivity contribution in [2.75, 3.05) is 7.11 Å². The molecular formula is C23H20F3N5O4. The molecule has 0 amide bonds. The molecule has 35 heavy (non-hydrogen) atoms. The smallest absolute Gasteiger partial charge is 0.481 e. The molecule has 2 N–H and O–H groups in total. The average Bonchev–Trinajstić information content (AvgIpc) is 3.15. The van der Waals surface area contributed by atoms with E-state index in [0.717, 1.165) is 28.4 Å². The number of nitrogens with two attached hydrogens (primary N) is 1. The van der Waals surface area contributed by atoms with Gasteiger partial charge in [0.05, 0.1) is 12.6 Å². The second-order valence-electron chi connectivity index (χ2n) is 7.51. The number of carbonyl (C=O) groups is 1. The highest BCUT2D eigenvalue weighted by molar-refractivity contribution is 5.90. The largest absolute Gasteiger partial charge is 0.490 e. The summed E-state index contributed by atoms with van der Waals surface area (Å²) < 4.78 is 54.6. The highest BCUT2D eigenvalue weighted by Crippen LogP contribution is 2.34. The molecule has 3 heterocycles. The summed E-state index contributed by atoms with van der Waals surface area (Å²) in [4.78, 5) is 23.1. The number of aromatic nitrogens is 4. The molecule has 3 aromatic heterocycles. The Bertz CT molecular complexity index is 1360. The fourth-order valence-electron chi connectivity index (χ4n) is 3.48. The zero-order valence-electron chi connectivity index (χ0n) is 18.6. The lowest BCUT2D eigenvalue weighted by molar-refractivity contribution is -0.205. The Labute approximate surface area is 197 Å². The summed E-state index contributed by atoms with van der Waals surface area (Å²) in [6.07, 6.45) is -2.16. The Hall–Kier alpha value is -4.19. The molecule has 0 radical (unpaired) electrons. The molecule has 12 heteroatoms. The number of ether oxygens (including phenoxy) is 3. The molecule has 0 fully saturated rings. The first-order chi connectivity index (χ1) is 16.7. The third-order valence-electron chi connectivity index (χ3n) is 5.05. The van der Waals surface area contributed by atoms with E-state index in [1.807, 2.05) is 29.8 Å². The molecular weight excluding hydrogens is 467 g/mol. The minimum absolute atomic E-state index is 0.0208. The summed E-state index contributed by atoms with van der Waals surface area (Å²) in [6.45, 7) is 2.48. The van der Waals surface area contributed by atoms with Gasteiger partial charge in [-0.3, -0.25) is 5.73 Å². The number of halogens is 3. The lowest BCUT2D eigenvalue weighted by Gasteiger charge is -2.14. The molecule has 4 rings (SSSR count). The fraction of sp³-hybridized carbons (Fsp3) is 0.217. The van der Waals surface area contributed by atoms with Gasteiger partial charge in [0.15, 0.2) is 6.23 Å². The van der Waals surface area contributed by atoms with Gasteiger partial charge in [-0.2, -0.15) is 13.2 Å². The average molecular weight is 487 g/mol. The summed E-state index contributed by atoms with van der Waals surface area (Å²) in [6, 6.07) is 10.4. The van der Waals surface area contributed by atoms with Gasteiger partial charge in [0.1, 0.15) is 17.8 Å². The summed E-state index contributed by atoms with van der Waals surface area (Å²) in [5, 5.41) is 0.821. The second kappa shape index (κ2) is 9.58. The lowest BCUT2D eigenvalue weighted by atomic mass is 10.2. The van der Waals surface area contributed by atoms with Crippen molar-refractivity contribution >= 4 is 16.9 Å². The van der Waals surface area contributed by atoms with Crippen molar-refractivity contribution in [3.8, 4) is 17.5 Å². The molecule has 1 unspecified atom stereocenters. The lowest BCUT2D eigenvalue weighted by Crippen LogP contribution is -2.30. The van der Waals surface area contributed by atoms with Crippen LogP contribution in [0.5, 0.6) is 17.5 Å². The van der Waals surface area contributed by atoms with Crippen LogP contribution in [0.3, 0.4) is 0 Å². The molecule has 182 valence electrons. The highest BCUT2D eigenvalue weighted by atomic mass is 19.4. The van der Waals surface area contributed by atoms with E-state index in [1.165, 1.54) is 6.07 Å². The van der Waals surface area contributed by atoms with Crippen LogP contribution >= 0.6 is 0 Å². The molecule has 0 spiro atoms. The minimum atomic E-state index is -5.17. The monoisotopic (exact) mass is 487 g/mol. The van der Waals surface area contributed by atoms with Gasteiger partial charge < -0.3 is 18.8 Å². The molecule has 4 aromatic rings. The van der Waals surface area contributed by atoms with Gasteiger partial charge in [-0.05, 0) is 30.2 Å². The third-order valence-corrected chi connectivity index (χ3v) is 5.05. The third kappa shape index (κ3) is 5.32. The maximum Gasteiger partial charge on any atom is 0.490 e. The van der Waals surface area contributed by atoms with Crippen LogP contribution in [0.25, 0.3) is 10.9 Å². The molecule has 0 saturated heterocycles. The van der Waals surface area contributed by atoms with Crippen molar-refractivity contribution in [2.24, 2.45) is 5.73 Å². The number of alkyl halides is 3. The van der Waals surface area contributed by atoms with E-state index >= 15 is 0 Å².